The first-order valence-corrected chi connectivity index (χ1v) is 8.03. The van der Waals surface area contributed by atoms with Crippen molar-refractivity contribution in [1.82, 2.24) is 0 Å². The summed E-state index contributed by atoms with van der Waals surface area (Å²) >= 11 is 9.61. The van der Waals surface area contributed by atoms with Crippen molar-refractivity contribution in [1.29, 1.82) is 5.26 Å². The van der Waals surface area contributed by atoms with Crippen LogP contribution in [0.2, 0.25) is 0 Å². The molecule has 0 aliphatic heterocycles. The molecule has 0 radical (unpaired) electrons. The van der Waals surface area contributed by atoms with Crippen molar-refractivity contribution in [3.63, 3.8) is 0 Å². The average molecular weight is 466 g/mol. The van der Waals surface area contributed by atoms with Crippen LogP contribution in [0.15, 0.2) is 34.8 Å². The van der Waals surface area contributed by atoms with Gasteiger partial charge in [-0.2, -0.15) is 5.26 Å². The van der Waals surface area contributed by atoms with E-state index in [1.165, 1.54) is 0 Å². The highest BCUT2D eigenvalue weighted by atomic mass is 79.9. The summed E-state index contributed by atoms with van der Waals surface area (Å²) in [5.74, 6) is -1.08. The summed E-state index contributed by atoms with van der Waals surface area (Å²) in [6, 6.07) is 9.04. The third kappa shape index (κ3) is 3.11. The lowest BCUT2D eigenvalue weighted by Gasteiger charge is -2.13. The maximum absolute atomic E-state index is 14.0. The van der Waals surface area contributed by atoms with E-state index < -0.39 is 11.6 Å². The van der Waals surface area contributed by atoms with Gasteiger partial charge in [0.05, 0.1) is 19.8 Å². The van der Waals surface area contributed by atoms with Crippen molar-refractivity contribution in [2.75, 3.05) is 0 Å². The minimum atomic E-state index is -0.544. The fourth-order valence-corrected chi connectivity index (χ4v) is 2.86. The van der Waals surface area contributed by atoms with Gasteiger partial charge in [0.15, 0.2) is 0 Å². The standard InChI is InChI=1S/C14H6Br3F2N/c15-11-5-12(18)9(4-13(11)19)8-2-1-7(6-20)3-10(8)14(16)17/h1-5,14H. The quantitative estimate of drug-likeness (QED) is 0.391. The van der Waals surface area contributed by atoms with Crippen molar-refractivity contribution in [3.05, 3.63) is 57.6 Å². The zero-order valence-electron chi connectivity index (χ0n) is 9.80. The third-order valence-electron chi connectivity index (χ3n) is 2.72. The summed E-state index contributed by atoms with van der Waals surface area (Å²) in [5, 5.41) is 8.92. The third-order valence-corrected chi connectivity index (χ3v) is 4.31. The lowest BCUT2D eigenvalue weighted by Crippen LogP contribution is -1.94. The van der Waals surface area contributed by atoms with Gasteiger partial charge >= 0.3 is 0 Å². The topological polar surface area (TPSA) is 23.8 Å². The van der Waals surface area contributed by atoms with Crippen LogP contribution in [0.1, 0.15) is 14.9 Å². The molecule has 0 atom stereocenters. The summed E-state index contributed by atoms with van der Waals surface area (Å²) < 4.78 is 27.5. The van der Waals surface area contributed by atoms with Gasteiger partial charge < -0.3 is 0 Å². The van der Waals surface area contributed by atoms with Gasteiger partial charge in [0.25, 0.3) is 0 Å². The molecule has 0 aliphatic rings. The number of benzene rings is 2. The van der Waals surface area contributed by atoms with Crippen LogP contribution in [0.5, 0.6) is 0 Å². The minimum Gasteiger partial charge on any atom is -0.206 e. The number of nitrogens with zero attached hydrogens (tertiary/aromatic N) is 1. The van der Waals surface area contributed by atoms with Gasteiger partial charge in [-0.15, -0.1) is 0 Å². The predicted molar refractivity (Wildman–Crippen MR) is 84.8 cm³/mol. The van der Waals surface area contributed by atoms with Crippen molar-refractivity contribution < 1.29 is 8.78 Å². The Morgan fingerprint density at radius 3 is 2.30 bits per heavy atom. The second-order valence-electron chi connectivity index (χ2n) is 3.96. The van der Waals surface area contributed by atoms with Crippen molar-refractivity contribution in [3.8, 4) is 17.2 Å². The normalized spacial score (nSPS) is 10.7. The van der Waals surface area contributed by atoms with Crippen LogP contribution in [0.25, 0.3) is 11.1 Å². The van der Waals surface area contributed by atoms with Gasteiger partial charge in [0.1, 0.15) is 11.6 Å². The van der Waals surface area contributed by atoms with E-state index in [1.54, 1.807) is 18.2 Å². The molecule has 20 heavy (non-hydrogen) atoms. The maximum atomic E-state index is 14.0. The Morgan fingerprint density at radius 2 is 1.70 bits per heavy atom. The number of nitriles is 1. The van der Waals surface area contributed by atoms with Crippen molar-refractivity contribution in [2.24, 2.45) is 0 Å². The van der Waals surface area contributed by atoms with Gasteiger partial charge in [-0.05, 0) is 51.3 Å². The Morgan fingerprint density at radius 1 is 1.00 bits per heavy atom. The number of rotatable bonds is 2. The van der Waals surface area contributed by atoms with Crippen LogP contribution in [0, 0.1) is 23.0 Å². The molecule has 1 nitrogen and oxygen atoms in total. The molecule has 0 saturated heterocycles. The first kappa shape index (κ1) is 15.6. The van der Waals surface area contributed by atoms with Crippen LogP contribution in [0.4, 0.5) is 8.78 Å². The second-order valence-corrected chi connectivity index (χ2v) is 7.88. The van der Waals surface area contributed by atoms with Gasteiger partial charge in [-0.3, -0.25) is 0 Å². The zero-order valence-corrected chi connectivity index (χ0v) is 14.6. The van der Waals surface area contributed by atoms with Crippen molar-refractivity contribution >= 4 is 47.8 Å². The Labute approximate surface area is 140 Å². The lowest BCUT2D eigenvalue weighted by molar-refractivity contribution is 0.597. The molecule has 0 spiro atoms. The monoisotopic (exact) mass is 463 g/mol. The number of alkyl halides is 2. The summed E-state index contributed by atoms with van der Waals surface area (Å²) in [4.78, 5) is 0. The SMILES string of the molecule is N#Cc1ccc(-c2cc(F)c(Br)cc2F)c(C(Br)Br)c1. The fraction of sp³-hybridized carbons (Fsp3) is 0.0714. The van der Waals surface area contributed by atoms with Gasteiger partial charge in [-0.1, -0.05) is 37.9 Å². The Hall–Kier alpha value is -0.770. The van der Waals surface area contributed by atoms with Gasteiger partial charge in [0, 0.05) is 5.56 Å². The summed E-state index contributed by atoms with van der Waals surface area (Å²) in [6.07, 6.45) is 0. The molecule has 0 fully saturated rings. The number of hydrogen-bond acceptors (Lipinski definition) is 1. The molecule has 0 amide bonds. The zero-order chi connectivity index (χ0) is 14.9. The molecular weight excluding hydrogens is 460 g/mol. The van der Waals surface area contributed by atoms with Crippen LogP contribution in [0.3, 0.4) is 0 Å². The Kier molecular flexibility index (Phi) is 4.95. The van der Waals surface area contributed by atoms with E-state index in [0.29, 0.717) is 16.7 Å². The summed E-state index contributed by atoms with van der Waals surface area (Å²) in [5.41, 5.74) is 1.77. The first-order valence-electron chi connectivity index (χ1n) is 5.41. The molecular formula is C14H6Br3F2N. The lowest BCUT2D eigenvalue weighted by atomic mass is 9.98. The van der Waals surface area contributed by atoms with E-state index in [1.807, 2.05) is 6.07 Å². The smallest absolute Gasteiger partial charge is 0.138 e. The molecule has 0 unspecified atom stereocenters. The largest absolute Gasteiger partial charge is 0.206 e. The van der Waals surface area contributed by atoms with Gasteiger partial charge in [0.2, 0.25) is 0 Å². The first-order chi connectivity index (χ1) is 9.43. The van der Waals surface area contributed by atoms with Crippen LogP contribution < -0.4 is 0 Å². The van der Waals surface area contributed by atoms with E-state index in [9.17, 15) is 8.78 Å². The van der Waals surface area contributed by atoms with Crippen LogP contribution in [-0.4, -0.2) is 0 Å². The Balaban J connectivity index is 2.70. The second kappa shape index (κ2) is 6.33. The summed E-state index contributed by atoms with van der Waals surface area (Å²) in [7, 11) is 0. The fourth-order valence-electron chi connectivity index (χ4n) is 1.79. The molecule has 0 bridgehead atoms. The highest BCUT2D eigenvalue weighted by Gasteiger charge is 2.17. The molecule has 2 aromatic carbocycles. The molecule has 0 aromatic heterocycles. The summed E-state index contributed by atoms with van der Waals surface area (Å²) in [6.45, 7) is 0. The maximum Gasteiger partial charge on any atom is 0.138 e. The van der Waals surface area contributed by atoms with Crippen LogP contribution in [-0.2, 0) is 0 Å². The van der Waals surface area contributed by atoms with E-state index in [-0.39, 0.29) is 13.8 Å². The van der Waals surface area contributed by atoms with Crippen molar-refractivity contribution in [2.45, 2.75) is 3.74 Å². The molecule has 2 aromatic rings. The highest BCUT2D eigenvalue weighted by molar-refractivity contribution is 9.24. The number of hydrogen-bond donors (Lipinski definition) is 0. The van der Waals surface area contributed by atoms with Crippen LogP contribution >= 0.6 is 47.8 Å². The number of halogens is 5. The van der Waals surface area contributed by atoms with E-state index in [0.717, 1.165) is 12.1 Å². The molecule has 2 rings (SSSR count). The minimum absolute atomic E-state index is 0.0724. The molecule has 6 heteroatoms. The van der Waals surface area contributed by atoms with E-state index >= 15 is 0 Å². The highest BCUT2D eigenvalue weighted by Crippen LogP contribution is 2.39. The van der Waals surface area contributed by atoms with E-state index in [4.69, 9.17) is 5.26 Å². The van der Waals surface area contributed by atoms with Gasteiger partial charge in [-0.25, -0.2) is 8.78 Å². The Bertz CT molecular complexity index is 708. The molecule has 0 saturated carbocycles. The average Bonchev–Trinajstić information content (AvgIpc) is 2.42. The molecule has 0 N–H and O–H groups in total. The molecule has 0 heterocycles. The molecule has 102 valence electrons. The van der Waals surface area contributed by atoms with E-state index in [2.05, 4.69) is 47.8 Å². The predicted octanol–water partition coefficient (Wildman–Crippen LogP) is 6.05. The molecule has 0 aliphatic carbocycles.